The lowest BCUT2D eigenvalue weighted by atomic mass is 9.88. The van der Waals surface area contributed by atoms with Gasteiger partial charge in [-0.25, -0.2) is 0 Å². The highest BCUT2D eigenvalue weighted by molar-refractivity contribution is 9.11. The lowest BCUT2D eigenvalue weighted by molar-refractivity contribution is 0.415. The summed E-state index contributed by atoms with van der Waals surface area (Å²) in [4.78, 5) is 0. The van der Waals surface area contributed by atoms with Crippen molar-refractivity contribution in [3.05, 3.63) is 88.9 Å². The molecule has 0 aliphatic rings. The van der Waals surface area contributed by atoms with Gasteiger partial charge >= 0.3 is 0 Å². The Hall–Kier alpha value is -2.10. The Balaban J connectivity index is 2.08. The number of alkyl halides is 1. The summed E-state index contributed by atoms with van der Waals surface area (Å²) in [5, 5.41) is 3.25. The fourth-order valence-electron chi connectivity index (χ4n) is 3.56. The molecule has 0 radical (unpaired) electrons. The average molecular weight is 482 g/mol. The molecule has 0 bridgehead atoms. The van der Waals surface area contributed by atoms with E-state index in [1.165, 1.54) is 38.6 Å². The third-order valence-electron chi connectivity index (χ3n) is 4.83. The highest BCUT2D eigenvalue weighted by Gasteiger charge is 2.19. The Kier molecular flexibility index (Phi) is 5.33. The number of methoxy groups -OCH3 is 1. The van der Waals surface area contributed by atoms with E-state index in [1.54, 1.807) is 7.11 Å². The summed E-state index contributed by atoms with van der Waals surface area (Å²) in [7, 11) is 1.69. The average Bonchev–Trinajstić information content (AvgIpc) is 2.73. The molecule has 3 heteroatoms. The molecular weight excluding hydrogens is 464 g/mol. The molecule has 0 fully saturated rings. The molecule has 0 unspecified atom stereocenters. The number of halogens is 2. The maximum Gasteiger partial charge on any atom is 0.118 e. The molecule has 0 amide bonds. The van der Waals surface area contributed by atoms with Crippen LogP contribution in [0.1, 0.15) is 5.56 Å². The summed E-state index contributed by atoms with van der Waals surface area (Å²) < 4.78 is 6.47. The van der Waals surface area contributed by atoms with Crippen LogP contribution in [-0.4, -0.2) is 7.11 Å². The van der Waals surface area contributed by atoms with E-state index in [2.05, 4.69) is 98.6 Å². The van der Waals surface area contributed by atoms with Gasteiger partial charge in [0.05, 0.1) is 7.11 Å². The van der Waals surface area contributed by atoms with E-state index in [1.807, 2.05) is 12.1 Å². The van der Waals surface area contributed by atoms with Crippen molar-refractivity contribution in [3.8, 4) is 28.0 Å². The summed E-state index contributed by atoms with van der Waals surface area (Å²) in [5.41, 5.74) is 6.12. The second-order valence-corrected chi connectivity index (χ2v) is 7.67. The molecule has 0 atom stereocenters. The zero-order chi connectivity index (χ0) is 18.8. The van der Waals surface area contributed by atoms with Gasteiger partial charge in [0.1, 0.15) is 5.75 Å². The van der Waals surface area contributed by atoms with Crippen molar-refractivity contribution in [1.82, 2.24) is 0 Å². The third kappa shape index (κ3) is 3.30. The summed E-state index contributed by atoms with van der Waals surface area (Å²) in [6.07, 6.45) is 0. The Bertz CT molecular complexity index is 1090. The fraction of sp³-hybridized carbons (Fsp3) is 0.0833. The Morgan fingerprint density at radius 1 is 0.704 bits per heavy atom. The molecule has 0 aliphatic carbocycles. The van der Waals surface area contributed by atoms with E-state index in [0.717, 1.165) is 15.6 Å². The minimum Gasteiger partial charge on any atom is -0.497 e. The Morgan fingerprint density at radius 2 is 1.26 bits per heavy atom. The summed E-state index contributed by atoms with van der Waals surface area (Å²) in [6.45, 7) is 0. The number of hydrogen-bond donors (Lipinski definition) is 0. The second-order valence-electron chi connectivity index (χ2n) is 6.32. The predicted molar refractivity (Wildman–Crippen MR) is 122 cm³/mol. The molecule has 0 aromatic heterocycles. The van der Waals surface area contributed by atoms with Gasteiger partial charge in [-0.05, 0) is 61.1 Å². The molecule has 0 N–H and O–H groups in total. The van der Waals surface area contributed by atoms with Crippen molar-refractivity contribution in [2.75, 3.05) is 7.11 Å². The topological polar surface area (TPSA) is 9.23 Å². The molecule has 0 aliphatic heterocycles. The summed E-state index contributed by atoms with van der Waals surface area (Å²) >= 11 is 7.64. The van der Waals surface area contributed by atoms with Crippen LogP contribution in [0.2, 0.25) is 0 Å². The van der Waals surface area contributed by atoms with E-state index in [-0.39, 0.29) is 0 Å². The van der Waals surface area contributed by atoms with Crippen LogP contribution in [0.3, 0.4) is 0 Å². The summed E-state index contributed by atoms with van der Waals surface area (Å²) in [5.74, 6) is 0.864. The van der Waals surface area contributed by atoms with Gasteiger partial charge in [-0.15, -0.1) is 0 Å². The molecule has 4 aromatic rings. The summed E-state index contributed by atoms with van der Waals surface area (Å²) in [6, 6.07) is 27.5. The lowest BCUT2D eigenvalue weighted by Crippen LogP contribution is -1.95. The smallest absolute Gasteiger partial charge is 0.118 e. The maximum atomic E-state index is 5.33. The van der Waals surface area contributed by atoms with Gasteiger partial charge in [-0.1, -0.05) is 82.7 Å². The van der Waals surface area contributed by atoms with Crippen molar-refractivity contribution < 1.29 is 4.74 Å². The second kappa shape index (κ2) is 7.87. The van der Waals surface area contributed by atoms with Gasteiger partial charge in [0.2, 0.25) is 0 Å². The van der Waals surface area contributed by atoms with Crippen molar-refractivity contribution in [1.29, 1.82) is 0 Å². The lowest BCUT2D eigenvalue weighted by Gasteiger charge is -2.19. The largest absolute Gasteiger partial charge is 0.497 e. The van der Waals surface area contributed by atoms with Gasteiger partial charge in [-0.3, -0.25) is 0 Å². The maximum absolute atomic E-state index is 5.33. The molecule has 0 heterocycles. The van der Waals surface area contributed by atoms with Gasteiger partial charge in [0.25, 0.3) is 0 Å². The number of ether oxygens (including phenoxy) is 1. The van der Waals surface area contributed by atoms with Crippen LogP contribution < -0.4 is 4.74 Å². The third-order valence-corrected chi connectivity index (χ3v) is 6.26. The van der Waals surface area contributed by atoms with Crippen molar-refractivity contribution >= 4 is 42.6 Å². The number of rotatable bonds is 4. The van der Waals surface area contributed by atoms with Gasteiger partial charge in [0.15, 0.2) is 0 Å². The molecule has 27 heavy (non-hydrogen) atoms. The zero-order valence-corrected chi connectivity index (χ0v) is 18.0. The van der Waals surface area contributed by atoms with Crippen LogP contribution in [0.15, 0.2) is 83.3 Å². The van der Waals surface area contributed by atoms with Gasteiger partial charge in [-0.2, -0.15) is 0 Å². The van der Waals surface area contributed by atoms with E-state index in [4.69, 9.17) is 4.74 Å². The van der Waals surface area contributed by atoms with Crippen LogP contribution in [0.5, 0.6) is 5.75 Å². The SMILES string of the molecule is COc1ccc(-c2c(CBr)c(Br)c(-c3ccccc3)c3ccccc23)cc1. The van der Waals surface area contributed by atoms with Crippen LogP contribution in [0.25, 0.3) is 33.0 Å². The molecule has 1 nitrogen and oxygen atoms in total. The monoisotopic (exact) mass is 480 g/mol. The van der Waals surface area contributed by atoms with Crippen molar-refractivity contribution in [2.24, 2.45) is 0 Å². The van der Waals surface area contributed by atoms with Crippen LogP contribution in [-0.2, 0) is 5.33 Å². The van der Waals surface area contributed by atoms with Gasteiger partial charge in [0, 0.05) is 15.4 Å². The van der Waals surface area contributed by atoms with Crippen LogP contribution in [0.4, 0.5) is 0 Å². The Labute approximate surface area is 176 Å². The molecule has 0 saturated carbocycles. The van der Waals surface area contributed by atoms with Crippen molar-refractivity contribution in [3.63, 3.8) is 0 Å². The standard InChI is InChI=1S/C24H18Br2O/c1-27-18-13-11-17(12-14-18)22-19-9-5-6-10-20(19)23(24(26)21(22)15-25)16-7-3-2-4-8-16/h2-14H,15H2,1H3. The number of fused-ring (bicyclic) bond motifs is 1. The minimum atomic E-state index is 0.764. The minimum absolute atomic E-state index is 0.764. The predicted octanol–water partition coefficient (Wildman–Crippen LogP) is 7.84. The first-order valence-corrected chi connectivity index (χ1v) is 10.6. The Morgan fingerprint density at radius 3 is 1.85 bits per heavy atom. The number of benzene rings is 4. The first-order valence-electron chi connectivity index (χ1n) is 8.73. The van der Waals surface area contributed by atoms with E-state index >= 15 is 0 Å². The van der Waals surface area contributed by atoms with Crippen molar-refractivity contribution in [2.45, 2.75) is 5.33 Å². The first-order chi connectivity index (χ1) is 13.2. The van der Waals surface area contributed by atoms with E-state index in [0.29, 0.717) is 0 Å². The normalized spacial score (nSPS) is 10.9. The fourth-order valence-corrected chi connectivity index (χ4v) is 5.28. The van der Waals surface area contributed by atoms with E-state index in [9.17, 15) is 0 Å². The van der Waals surface area contributed by atoms with Crippen LogP contribution >= 0.6 is 31.9 Å². The number of hydrogen-bond acceptors (Lipinski definition) is 1. The molecule has 0 saturated heterocycles. The molecule has 4 aromatic carbocycles. The van der Waals surface area contributed by atoms with Gasteiger partial charge < -0.3 is 4.74 Å². The molecule has 0 spiro atoms. The molecule has 4 rings (SSSR count). The highest BCUT2D eigenvalue weighted by Crippen LogP contribution is 2.45. The first kappa shape index (κ1) is 18.3. The quantitative estimate of drug-likeness (QED) is 0.270. The highest BCUT2D eigenvalue weighted by atomic mass is 79.9. The molecular formula is C24H18Br2O. The van der Waals surface area contributed by atoms with Crippen LogP contribution in [0, 0.1) is 0 Å². The molecule has 134 valence electrons. The zero-order valence-electron chi connectivity index (χ0n) is 14.9. The van der Waals surface area contributed by atoms with E-state index < -0.39 is 0 Å².